The normalized spacial score (nSPS) is 38.8. The van der Waals surface area contributed by atoms with E-state index in [0.29, 0.717) is 0 Å². The number of fused-ring (bicyclic) bond motifs is 5. The maximum atomic E-state index is 4.65. The first-order valence-corrected chi connectivity index (χ1v) is 9.30. The lowest BCUT2D eigenvalue weighted by Gasteiger charge is -2.48. The fraction of sp³-hybridized carbons (Fsp3) is 0.500. The molecule has 0 N–H and O–H groups in total. The number of hydrogen-bond donors (Lipinski definition) is 0. The Labute approximate surface area is 138 Å². The molecule has 1 nitrogen and oxygen atoms in total. The molecular weight excluding hydrogens is 278 g/mol. The molecule has 0 saturated heterocycles. The van der Waals surface area contributed by atoms with Crippen molar-refractivity contribution < 1.29 is 0 Å². The summed E-state index contributed by atoms with van der Waals surface area (Å²) in [5.74, 6) is 3.79. The quantitative estimate of drug-likeness (QED) is 0.682. The second kappa shape index (κ2) is 4.06. The average molecular weight is 301 g/mol. The molecule has 3 saturated carbocycles. The summed E-state index contributed by atoms with van der Waals surface area (Å²) in [7, 11) is 0. The van der Waals surface area contributed by atoms with E-state index in [-0.39, 0.29) is 0 Å². The van der Waals surface area contributed by atoms with Crippen molar-refractivity contribution in [2.24, 2.45) is 17.3 Å². The van der Waals surface area contributed by atoms with Crippen molar-refractivity contribution in [1.29, 1.82) is 0 Å². The number of aryl methyl sites for hydroxylation is 1. The summed E-state index contributed by atoms with van der Waals surface area (Å²) in [6, 6.07) is 11.5. The highest BCUT2D eigenvalue weighted by atomic mass is 14.7. The van der Waals surface area contributed by atoms with Crippen LogP contribution in [0.5, 0.6) is 0 Å². The first-order valence-electron chi connectivity index (χ1n) is 9.30. The molecule has 1 aromatic heterocycles. The first kappa shape index (κ1) is 12.8. The van der Waals surface area contributed by atoms with E-state index in [1.165, 1.54) is 48.9 Å². The van der Waals surface area contributed by atoms with Gasteiger partial charge in [-0.3, -0.25) is 4.98 Å². The monoisotopic (exact) mass is 301 g/mol. The molecule has 1 heteroatoms. The molecule has 4 aliphatic carbocycles. The van der Waals surface area contributed by atoms with Gasteiger partial charge in [0.15, 0.2) is 0 Å². The predicted molar refractivity (Wildman–Crippen MR) is 92.4 cm³/mol. The average Bonchev–Trinajstić information content (AvgIpc) is 2.98. The van der Waals surface area contributed by atoms with Crippen molar-refractivity contribution in [1.82, 2.24) is 4.98 Å². The topological polar surface area (TPSA) is 12.9 Å². The third-order valence-corrected chi connectivity index (χ3v) is 7.84. The number of pyridine rings is 1. The first-order chi connectivity index (χ1) is 11.2. The maximum absolute atomic E-state index is 4.65. The Morgan fingerprint density at radius 1 is 0.957 bits per heavy atom. The molecular formula is C22H23N. The highest BCUT2D eigenvalue weighted by molar-refractivity contribution is 5.65. The Morgan fingerprint density at radius 2 is 1.74 bits per heavy atom. The van der Waals surface area contributed by atoms with Gasteiger partial charge in [-0.1, -0.05) is 18.2 Å². The van der Waals surface area contributed by atoms with E-state index in [0.717, 1.165) is 29.1 Å². The highest BCUT2D eigenvalue weighted by Gasteiger charge is 2.65. The number of nitrogens with zero attached hydrogens (tertiary/aromatic N) is 1. The van der Waals surface area contributed by atoms with Gasteiger partial charge in [0.25, 0.3) is 0 Å². The van der Waals surface area contributed by atoms with Crippen molar-refractivity contribution in [2.45, 2.75) is 50.9 Å². The van der Waals surface area contributed by atoms with E-state index in [4.69, 9.17) is 0 Å². The summed E-state index contributed by atoms with van der Waals surface area (Å²) in [6.45, 7) is 2.18. The van der Waals surface area contributed by atoms with E-state index in [9.17, 15) is 0 Å². The Morgan fingerprint density at radius 3 is 2.52 bits per heavy atom. The number of hydrogen-bond acceptors (Lipinski definition) is 1. The van der Waals surface area contributed by atoms with Gasteiger partial charge in [-0.25, -0.2) is 0 Å². The van der Waals surface area contributed by atoms with Gasteiger partial charge in [0, 0.05) is 11.8 Å². The zero-order chi connectivity index (χ0) is 15.2. The Hall–Kier alpha value is -1.63. The standard InChI is InChI=1S/C22H23N/c1-13-3-2-6-23-21(13)14-4-5-19-15-7-17-10-18-8-16(20(19)9-14)12-22(17,18)11-15/h2-6,9,15-18H,7-8,10-12H2,1H3. The van der Waals surface area contributed by atoms with Crippen molar-refractivity contribution in [3.8, 4) is 11.3 Å². The number of aromatic nitrogens is 1. The summed E-state index contributed by atoms with van der Waals surface area (Å²) >= 11 is 0. The van der Waals surface area contributed by atoms with Gasteiger partial charge in [0.05, 0.1) is 5.69 Å². The van der Waals surface area contributed by atoms with Gasteiger partial charge in [-0.2, -0.15) is 0 Å². The number of benzene rings is 1. The molecule has 1 aromatic carbocycles. The molecule has 116 valence electrons. The molecule has 3 bridgehead atoms. The van der Waals surface area contributed by atoms with Gasteiger partial charge >= 0.3 is 0 Å². The van der Waals surface area contributed by atoms with Gasteiger partial charge in [0.2, 0.25) is 0 Å². The van der Waals surface area contributed by atoms with Crippen molar-refractivity contribution in [2.75, 3.05) is 0 Å². The van der Waals surface area contributed by atoms with Crippen molar-refractivity contribution in [3.63, 3.8) is 0 Å². The molecule has 0 radical (unpaired) electrons. The lowest BCUT2D eigenvalue weighted by Crippen LogP contribution is -2.41. The van der Waals surface area contributed by atoms with E-state index in [2.05, 4.69) is 36.2 Å². The van der Waals surface area contributed by atoms with Crippen LogP contribution in [0.2, 0.25) is 0 Å². The highest BCUT2D eigenvalue weighted by Crippen LogP contribution is 2.75. The van der Waals surface area contributed by atoms with E-state index in [1.54, 1.807) is 11.1 Å². The molecule has 4 aliphatic rings. The molecule has 0 aliphatic heterocycles. The van der Waals surface area contributed by atoms with Crippen LogP contribution in [0.15, 0.2) is 36.5 Å². The zero-order valence-corrected chi connectivity index (χ0v) is 13.8. The van der Waals surface area contributed by atoms with Crippen LogP contribution in [0.25, 0.3) is 11.3 Å². The van der Waals surface area contributed by atoms with Crippen LogP contribution in [0.4, 0.5) is 0 Å². The van der Waals surface area contributed by atoms with Crippen LogP contribution in [-0.4, -0.2) is 4.98 Å². The second-order valence-corrected chi connectivity index (χ2v) is 8.65. The third kappa shape index (κ3) is 1.47. The predicted octanol–water partition coefficient (Wildman–Crippen LogP) is 5.45. The number of rotatable bonds is 1. The summed E-state index contributed by atoms with van der Waals surface area (Å²) in [5, 5.41) is 0. The van der Waals surface area contributed by atoms with Gasteiger partial charge in [-0.05, 0) is 96.9 Å². The van der Waals surface area contributed by atoms with Crippen LogP contribution in [0.3, 0.4) is 0 Å². The second-order valence-electron chi connectivity index (χ2n) is 8.65. The summed E-state index contributed by atoms with van der Waals surface area (Å²) in [6.07, 6.45) is 9.37. The molecule has 23 heavy (non-hydrogen) atoms. The van der Waals surface area contributed by atoms with Crippen LogP contribution in [0.1, 0.15) is 60.6 Å². The van der Waals surface area contributed by atoms with E-state index in [1.807, 2.05) is 12.3 Å². The smallest absolute Gasteiger partial charge is 0.0731 e. The lowest BCUT2D eigenvalue weighted by atomic mass is 9.56. The van der Waals surface area contributed by atoms with Crippen LogP contribution in [-0.2, 0) is 0 Å². The van der Waals surface area contributed by atoms with Crippen LogP contribution < -0.4 is 0 Å². The van der Waals surface area contributed by atoms with Gasteiger partial charge in [0.1, 0.15) is 0 Å². The summed E-state index contributed by atoms with van der Waals surface area (Å²) < 4.78 is 0. The largest absolute Gasteiger partial charge is 0.256 e. The molecule has 1 heterocycles. The fourth-order valence-corrected chi connectivity index (χ4v) is 6.88. The minimum absolute atomic E-state index is 0.759. The van der Waals surface area contributed by atoms with Gasteiger partial charge < -0.3 is 0 Å². The summed E-state index contributed by atoms with van der Waals surface area (Å²) in [5.41, 5.74) is 7.91. The summed E-state index contributed by atoms with van der Waals surface area (Å²) in [4.78, 5) is 4.65. The Bertz CT molecular complexity index is 822. The SMILES string of the molecule is Cc1cccnc1-c1ccc2c(c1)C1CC3CC4CC2CC43C1. The minimum Gasteiger partial charge on any atom is -0.256 e. The molecule has 5 unspecified atom stereocenters. The van der Waals surface area contributed by atoms with Crippen LogP contribution in [0, 0.1) is 24.2 Å². The molecule has 5 atom stereocenters. The fourth-order valence-electron chi connectivity index (χ4n) is 6.88. The van der Waals surface area contributed by atoms with Crippen molar-refractivity contribution in [3.05, 3.63) is 53.2 Å². The van der Waals surface area contributed by atoms with E-state index < -0.39 is 0 Å². The zero-order valence-electron chi connectivity index (χ0n) is 13.8. The molecule has 0 amide bonds. The van der Waals surface area contributed by atoms with Crippen molar-refractivity contribution >= 4 is 0 Å². The van der Waals surface area contributed by atoms with Gasteiger partial charge in [-0.15, -0.1) is 0 Å². The maximum Gasteiger partial charge on any atom is 0.0731 e. The molecule has 1 spiro atoms. The lowest BCUT2D eigenvalue weighted by molar-refractivity contribution is 0.00322. The Balaban J connectivity index is 1.52. The minimum atomic E-state index is 0.759. The Kier molecular flexibility index (Phi) is 2.25. The van der Waals surface area contributed by atoms with Crippen LogP contribution >= 0.6 is 0 Å². The molecule has 2 aromatic rings. The molecule has 6 rings (SSSR count). The molecule has 3 fully saturated rings. The third-order valence-electron chi connectivity index (χ3n) is 7.84. The van der Waals surface area contributed by atoms with E-state index >= 15 is 0 Å².